The Bertz CT molecular complexity index is 501. The van der Waals surface area contributed by atoms with E-state index in [-0.39, 0.29) is 0 Å². The van der Waals surface area contributed by atoms with Gasteiger partial charge in [0, 0.05) is 11.6 Å². The second-order valence-electron chi connectivity index (χ2n) is 5.34. The molecule has 0 radical (unpaired) electrons. The van der Waals surface area contributed by atoms with Crippen LogP contribution < -0.4 is 9.47 Å². The van der Waals surface area contributed by atoms with E-state index in [0.29, 0.717) is 17.1 Å². The van der Waals surface area contributed by atoms with Gasteiger partial charge >= 0.3 is 0 Å². The van der Waals surface area contributed by atoms with Crippen molar-refractivity contribution in [1.82, 2.24) is 0 Å². The molecule has 4 heteroatoms. The molecule has 0 aromatic heterocycles. The topological polar surface area (TPSA) is 62.5 Å². The Balaban J connectivity index is 2.36. The summed E-state index contributed by atoms with van der Waals surface area (Å²) in [7, 11) is 3.15. The van der Waals surface area contributed by atoms with Crippen LogP contribution >= 0.6 is 0 Å². The zero-order chi connectivity index (χ0) is 14.6. The maximum absolute atomic E-state index is 10.7. The molecule has 1 N–H and O–H groups in total. The molecule has 108 valence electrons. The number of benzene rings is 1. The van der Waals surface area contributed by atoms with Crippen LogP contribution in [0, 0.1) is 16.7 Å². The summed E-state index contributed by atoms with van der Waals surface area (Å²) in [6, 6.07) is 7.68. The number of ether oxygens (including phenoxy) is 2. The number of aliphatic hydroxyl groups is 1. The molecule has 1 atom stereocenters. The molecule has 2 rings (SSSR count). The third-order valence-corrected chi connectivity index (χ3v) is 4.23. The standard InChI is InChI=1S/C16H21NO3/c1-19-12-6-7-13(14(10-12)20-2)15(18)16(11-17)8-4-3-5-9-16/h6-7,10,15,18H,3-5,8-9H2,1-2H3. The van der Waals surface area contributed by atoms with Gasteiger partial charge in [0.05, 0.1) is 25.7 Å². The average Bonchev–Trinajstić information content (AvgIpc) is 2.54. The van der Waals surface area contributed by atoms with Crippen LogP contribution in [-0.2, 0) is 0 Å². The van der Waals surface area contributed by atoms with Gasteiger partial charge in [-0.3, -0.25) is 0 Å². The third-order valence-electron chi connectivity index (χ3n) is 4.23. The van der Waals surface area contributed by atoms with Crippen LogP contribution in [0.15, 0.2) is 18.2 Å². The number of hydrogen-bond acceptors (Lipinski definition) is 4. The molecule has 1 saturated carbocycles. The van der Waals surface area contributed by atoms with Crippen molar-refractivity contribution in [3.63, 3.8) is 0 Å². The van der Waals surface area contributed by atoms with E-state index in [0.717, 1.165) is 32.1 Å². The number of nitriles is 1. The van der Waals surface area contributed by atoms with E-state index >= 15 is 0 Å². The van der Waals surface area contributed by atoms with Crippen molar-refractivity contribution in [3.8, 4) is 17.6 Å². The Hall–Kier alpha value is -1.73. The van der Waals surface area contributed by atoms with Crippen LogP contribution in [0.2, 0.25) is 0 Å². The summed E-state index contributed by atoms with van der Waals surface area (Å²) < 4.78 is 10.5. The Morgan fingerprint density at radius 1 is 1.20 bits per heavy atom. The Morgan fingerprint density at radius 2 is 1.90 bits per heavy atom. The minimum atomic E-state index is -0.825. The van der Waals surface area contributed by atoms with E-state index in [9.17, 15) is 10.4 Å². The van der Waals surface area contributed by atoms with Crippen molar-refractivity contribution in [1.29, 1.82) is 5.26 Å². The summed E-state index contributed by atoms with van der Waals surface area (Å²) in [5.41, 5.74) is -0.0307. The van der Waals surface area contributed by atoms with Crippen LogP contribution in [0.3, 0.4) is 0 Å². The minimum absolute atomic E-state index is 0.567. The fourth-order valence-electron chi connectivity index (χ4n) is 2.97. The van der Waals surface area contributed by atoms with Gasteiger partial charge in [-0.05, 0) is 25.0 Å². The van der Waals surface area contributed by atoms with Crippen molar-refractivity contribution in [2.45, 2.75) is 38.2 Å². The van der Waals surface area contributed by atoms with E-state index in [1.165, 1.54) is 0 Å². The first kappa shape index (κ1) is 14.7. The summed E-state index contributed by atoms with van der Waals surface area (Å²) in [5.74, 6) is 1.24. The van der Waals surface area contributed by atoms with E-state index in [1.54, 1.807) is 32.4 Å². The zero-order valence-electron chi connectivity index (χ0n) is 12.1. The molecule has 1 aromatic carbocycles. The van der Waals surface area contributed by atoms with E-state index in [1.807, 2.05) is 0 Å². The first-order valence-electron chi connectivity index (χ1n) is 6.98. The highest BCUT2D eigenvalue weighted by molar-refractivity contribution is 5.43. The number of hydrogen-bond donors (Lipinski definition) is 1. The van der Waals surface area contributed by atoms with Gasteiger partial charge in [-0.2, -0.15) is 5.26 Å². The molecule has 0 heterocycles. The first-order valence-corrected chi connectivity index (χ1v) is 6.98. The lowest BCUT2D eigenvalue weighted by molar-refractivity contribution is 0.0342. The molecule has 1 aliphatic rings. The second kappa shape index (κ2) is 6.15. The van der Waals surface area contributed by atoms with E-state index in [4.69, 9.17) is 9.47 Å². The molecule has 20 heavy (non-hydrogen) atoms. The smallest absolute Gasteiger partial charge is 0.128 e. The van der Waals surface area contributed by atoms with Gasteiger partial charge in [-0.25, -0.2) is 0 Å². The van der Waals surface area contributed by atoms with Crippen molar-refractivity contribution in [2.75, 3.05) is 14.2 Å². The van der Waals surface area contributed by atoms with Crippen molar-refractivity contribution in [3.05, 3.63) is 23.8 Å². The van der Waals surface area contributed by atoms with Crippen LogP contribution in [0.1, 0.15) is 43.8 Å². The van der Waals surface area contributed by atoms with Crippen LogP contribution in [-0.4, -0.2) is 19.3 Å². The largest absolute Gasteiger partial charge is 0.497 e. The molecular formula is C16H21NO3. The lowest BCUT2D eigenvalue weighted by Crippen LogP contribution is -2.30. The van der Waals surface area contributed by atoms with E-state index < -0.39 is 11.5 Å². The van der Waals surface area contributed by atoms with Crippen molar-refractivity contribution >= 4 is 0 Å². The van der Waals surface area contributed by atoms with Gasteiger partial charge in [-0.15, -0.1) is 0 Å². The van der Waals surface area contributed by atoms with Crippen molar-refractivity contribution < 1.29 is 14.6 Å². The fourth-order valence-corrected chi connectivity index (χ4v) is 2.97. The van der Waals surface area contributed by atoms with Gasteiger partial charge in [-0.1, -0.05) is 19.3 Å². The summed E-state index contributed by atoms with van der Waals surface area (Å²) in [5, 5.41) is 20.3. The number of rotatable bonds is 4. The minimum Gasteiger partial charge on any atom is -0.497 e. The molecule has 1 fully saturated rings. The van der Waals surface area contributed by atoms with Crippen LogP contribution in [0.25, 0.3) is 0 Å². The highest BCUT2D eigenvalue weighted by atomic mass is 16.5. The average molecular weight is 275 g/mol. The molecule has 0 spiro atoms. The molecule has 1 aromatic rings. The molecule has 1 unspecified atom stereocenters. The Morgan fingerprint density at radius 3 is 2.45 bits per heavy atom. The molecule has 0 saturated heterocycles. The molecular weight excluding hydrogens is 254 g/mol. The van der Waals surface area contributed by atoms with Gasteiger partial charge in [0.25, 0.3) is 0 Å². The predicted octanol–water partition coefficient (Wildman–Crippen LogP) is 3.21. The van der Waals surface area contributed by atoms with Crippen LogP contribution in [0.5, 0.6) is 11.5 Å². The normalized spacial score (nSPS) is 18.9. The lowest BCUT2D eigenvalue weighted by Gasteiger charge is -2.35. The predicted molar refractivity (Wildman–Crippen MR) is 75.6 cm³/mol. The maximum Gasteiger partial charge on any atom is 0.128 e. The molecule has 0 amide bonds. The van der Waals surface area contributed by atoms with Gasteiger partial charge in [0.1, 0.15) is 17.6 Å². The molecule has 1 aliphatic carbocycles. The molecule has 0 aliphatic heterocycles. The number of aliphatic hydroxyl groups excluding tert-OH is 1. The van der Waals surface area contributed by atoms with E-state index in [2.05, 4.69) is 6.07 Å². The number of nitrogens with zero attached hydrogens (tertiary/aromatic N) is 1. The molecule has 4 nitrogen and oxygen atoms in total. The zero-order valence-corrected chi connectivity index (χ0v) is 12.1. The summed E-state index contributed by atoms with van der Waals surface area (Å²) in [4.78, 5) is 0. The molecule has 0 bridgehead atoms. The Labute approximate surface area is 119 Å². The first-order chi connectivity index (χ1) is 9.66. The van der Waals surface area contributed by atoms with Gasteiger partial charge in [0.15, 0.2) is 0 Å². The van der Waals surface area contributed by atoms with Gasteiger partial charge in [0.2, 0.25) is 0 Å². The second-order valence-corrected chi connectivity index (χ2v) is 5.34. The summed E-state index contributed by atoms with van der Waals surface area (Å²) in [6.45, 7) is 0. The summed E-state index contributed by atoms with van der Waals surface area (Å²) in [6.07, 6.45) is 3.76. The fraction of sp³-hybridized carbons (Fsp3) is 0.562. The summed E-state index contributed by atoms with van der Waals surface area (Å²) >= 11 is 0. The highest BCUT2D eigenvalue weighted by Gasteiger charge is 2.41. The van der Waals surface area contributed by atoms with Gasteiger partial charge < -0.3 is 14.6 Å². The highest BCUT2D eigenvalue weighted by Crippen LogP contribution is 2.47. The number of methoxy groups -OCH3 is 2. The maximum atomic E-state index is 10.7. The monoisotopic (exact) mass is 275 g/mol. The van der Waals surface area contributed by atoms with Crippen molar-refractivity contribution in [2.24, 2.45) is 5.41 Å². The third kappa shape index (κ3) is 2.59. The lowest BCUT2D eigenvalue weighted by atomic mass is 9.69. The van der Waals surface area contributed by atoms with Crippen LogP contribution in [0.4, 0.5) is 0 Å². The quantitative estimate of drug-likeness (QED) is 0.916. The SMILES string of the molecule is COc1ccc(C(O)C2(C#N)CCCCC2)c(OC)c1. The Kier molecular flexibility index (Phi) is 4.51.